The van der Waals surface area contributed by atoms with Crippen LogP contribution in [0.1, 0.15) is 40.5 Å². The van der Waals surface area contributed by atoms with Crippen molar-refractivity contribution in [1.82, 2.24) is 4.90 Å². The second-order valence-corrected chi connectivity index (χ2v) is 7.12. The number of carbonyl (C=O) groups is 1. The van der Waals surface area contributed by atoms with Crippen molar-refractivity contribution in [2.75, 3.05) is 13.1 Å². The van der Waals surface area contributed by atoms with Gasteiger partial charge in [0.05, 0.1) is 6.10 Å². The van der Waals surface area contributed by atoms with Crippen LogP contribution in [0, 0.1) is 17.8 Å². The second-order valence-electron chi connectivity index (χ2n) is 7.12. The first-order valence-electron chi connectivity index (χ1n) is 7.36. The van der Waals surface area contributed by atoms with E-state index < -0.39 is 0 Å². The third-order valence-corrected chi connectivity index (χ3v) is 5.24. The molecule has 0 amide bonds. The molecule has 18 heavy (non-hydrogen) atoms. The molecule has 0 N–H and O–H groups in total. The van der Waals surface area contributed by atoms with Gasteiger partial charge in [-0.1, -0.05) is 13.8 Å². The summed E-state index contributed by atoms with van der Waals surface area (Å²) in [6, 6.07) is 0.562. The van der Waals surface area contributed by atoms with E-state index in [1.807, 2.05) is 0 Å². The highest BCUT2D eigenvalue weighted by Crippen LogP contribution is 2.48. The van der Waals surface area contributed by atoms with E-state index in [0.29, 0.717) is 30.1 Å². The zero-order valence-corrected chi connectivity index (χ0v) is 12.0. The van der Waals surface area contributed by atoms with Gasteiger partial charge in [0, 0.05) is 31.5 Å². The van der Waals surface area contributed by atoms with Gasteiger partial charge in [0.25, 0.3) is 0 Å². The largest absolute Gasteiger partial charge is 0.368 e. The van der Waals surface area contributed by atoms with Crippen molar-refractivity contribution in [3.63, 3.8) is 0 Å². The molecular formula is C15H25NO2. The van der Waals surface area contributed by atoms with Crippen LogP contribution in [-0.2, 0) is 9.53 Å². The summed E-state index contributed by atoms with van der Waals surface area (Å²) in [6.07, 6.45) is 1.98. The minimum atomic E-state index is -0.138. The van der Waals surface area contributed by atoms with E-state index in [9.17, 15) is 4.79 Å². The molecule has 0 bridgehead atoms. The summed E-state index contributed by atoms with van der Waals surface area (Å²) < 4.78 is 6.40. The van der Waals surface area contributed by atoms with Crippen molar-refractivity contribution in [1.29, 1.82) is 0 Å². The highest BCUT2D eigenvalue weighted by atomic mass is 16.5. The number of rotatable bonds is 1. The normalized spacial score (nSPS) is 43.3. The van der Waals surface area contributed by atoms with Gasteiger partial charge in [0.15, 0.2) is 0 Å². The Hall–Kier alpha value is -0.410. The van der Waals surface area contributed by atoms with Crippen LogP contribution in [0.2, 0.25) is 0 Å². The van der Waals surface area contributed by atoms with Crippen molar-refractivity contribution in [3.05, 3.63) is 0 Å². The zero-order valence-electron chi connectivity index (χ0n) is 12.0. The molecule has 0 radical (unpaired) electrons. The maximum Gasteiger partial charge on any atom is 0.141 e. The maximum absolute atomic E-state index is 12.4. The van der Waals surface area contributed by atoms with Gasteiger partial charge in [0.2, 0.25) is 0 Å². The highest BCUT2D eigenvalue weighted by Gasteiger charge is 2.57. The predicted molar refractivity (Wildman–Crippen MR) is 70.4 cm³/mol. The van der Waals surface area contributed by atoms with E-state index in [2.05, 4.69) is 32.6 Å². The number of hydrogen-bond donors (Lipinski definition) is 0. The van der Waals surface area contributed by atoms with Gasteiger partial charge >= 0.3 is 0 Å². The lowest BCUT2D eigenvalue weighted by Crippen LogP contribution is -2.69. The fourth-order valence-electron chi connectivity index (χ4n) is 4.25. The van der Waals surface area contributed by atoms with Crippen molar-refractivity contribution < 1.29 is 9.53 Å². The van der Waals surface area contributed by atoms with Crippen molar-refractivity contribution in [2.24, 2.45) is 17.8 Å². The average molecular weight is 251 g/mol. The Balaban J connectivity index is 1.74. The van der Waals surface area contributed by atoms with Crippen molar-refractivity contribution in [3.8, 4) is 0 Å². The van der Waals surface area contributed by atoms with E-state index in [0.717, 1.165) is 19.5 Å². The quantitative estimate of drug-likeness (QED) is 0.715. The molecule has 1 spiro atoms. The van der Waals surface area contributed by atoms with E-state index in [1.165, 1.54) is 0 Å². The lowest BCUT2D eigenvalue weighted by Gasteiger charge is -2.55. The molecule has 3 aliphatic rings. The fraction of sp³-hybridized carbons (Fsp3) is 0.933. The third kappa shape index (κ3) is 1.75. The van der Waals surface area contributed by atoms with Crippen LogP contribution in [0.3, 0.4) is 0 Å². The molecule has 3 nitrogen and oxygen atoms in total. The Morgan fingerprint density at radius 3 is 2.56 bits per heavy atom. The number of nitrogens with zero attached hydrogens (tertiary/aromatic N) is 1. The standard InChI is InChI=1S/C15H25NO2/c1-9(2)16-7-15(8-16)6-12(17)13-10(3)5-11(4)14(13)18-15/h9-11,13-14H,5-8H2,1-4H3. The number of fused-ring (bicyclic) bond motifs is 1. The first-order chi connectivity index (χ1) is 8.42. The maximum atomic E-state index is 12.4. The third-order valence-electron chi connectivity index (χ3n) is 5.24. The van der Waals surface area contributed by atoms with Gasteiger partial charge in [-0.15, -0.1) is 0 Å². The van der Waals surface area contributed by atoms with Gasteiger partial charge < -0.3 is 4.74 Å². The van der Waals surface area contributed by atoms with Crippen molar-refractivity contribution in [2.45, 2.75) is 58.3 Å². The van der Waals surface area contributed by atoms with Gasteiger partial charge in [-0.3, -0.25) is 9.69 Å². The van der Waals surface area contributed by atoms with Crippen LogP contribution in [0.15, 0.2) is 0 Å². The molecule has 3 heteroatoms. The fourth-order valence-corrected chi connectivity index (χ4v) is 4.25. The molecule has 0 aromatic carbocycles. The minimum Gasteiger partial charge on any atom is -0.368 e. The SMILES string of the molecule is CC1CC(C)C2C(=O)CC3(CN(C(C)C)C3)OC12. The zero-order chi connectivity index (χ0) is 13.1. The average Bonchev–Trinajstić information content (AvgIpc) is 2.50. The van der Waals surface area contributed by atoms with Gasteiger partial charge in [-0.25, -0.2) is 0 Å². The number of likely N-dealkylation sites (tertiary alicyclic amines) is 1. The first-order valence-corrected chi connectivity index (χ1v) is 7.36. The summed E-state index contributed by atoms with van der Waals surface area (Å²) in [5.74, 6) is 1.69. The first kappa shape index (κ1) is 12.6. The van der Waals surface area contributed by atoms with Crippen molar-refractivity contribution >= 4 is 5.78 Å². The Labute approximate surface area is 110 Å². The number of hydrogen-bond acceptors (Lipinski definition) is 3. The van der Waals surface area contributed by atoms with Crippen LogP contribution in [0.4, 0.5) is 0 Å². The van der Waals surface area contributed by atoms with E-state index in [-0.39, 0.29) is 17.6 Å². The van der Waals surface area contributed by atoms with Crippen LogP contribution in [0.25, 0.3) is 0 Å². The molecule has 4 unspecified atom stereocenters. The molecule has 1 aliphatic carbocycles. The molecule has 2 heterocycles. The Morgan fingerprint density at radius 2 is 1.94 bits per heavy atom. The van der Waals surface area contributed by atoms with Gasteiger partial charge in [0.1, 0.15) is 11.4 Å². The summed E-state index contributed by atoms with van der Waals surface area (Å²) in [4.78, 5) is 14.8. The summed E-state index contributed by atoms with van der Waals surface area (Å²) in [5.41, 5.74) is -0.138. The van der Waals surface area contributed by atoms with Crippen LogP contribution in [0.5, 0.6) is 0 Å². The summed E-state index contributed by atoms with van der Waals surface area (Å²) in [7, 11) is 0. The van der Waals surface area contributed by atoms with E-state index >= 15 is 0 Å². The molecule has 4 atom stereocenters. The summed E-state index contributed by atoms with van der Waals surface area (Å²) >= 11 is 0. The molecule has 3 fully saturated rings. The molecule has 0 aromatic heterocycles. The molecular weight excluding hydrogens is 226 g/mol. The minimum absolute atomic E-state index is 0.138. The highest BCUT2D eigenvalue weighted by molar-refractivity contribution is 5.84. The van der Waals surface area contributed by atoms with Gasteiger partial charge in [-0.05, 0) is 32.1 Å². The number of carbonyl (C=O) groups excluding carboxylic acids is 1. The van der Waals surface area contributed by atoms with E-state index in [4.69, 9.17) is 4.74 Å². The van der Waals surface area contributed by atoms with E-state index in [1.54, 1.807) is 0 Å². The lowest BCUT2D eigenvalue weighted by molar-refractivity contribution is -0.219. The predicted octanol–water partition coefficient (Wildman–Crippen LogP) is 2.10. The molecule has 102 valence electrons. The number of Topliss-reactive ketones (excluding diaryl/α,β-unsaturated/α-hetero) is 1. The van der Waals surface area contributed by atoms with Crippen LogP contribution < -0.4 is 0 Å². The summed E-state index contributed by atoms with van der Waals surface area (Å²) in [5, 5.41) is 0. The number of ether oxygens (including phenoxy) is 1. The second kappa shape index (κ2) is 4.04. The Kier molecular flexibility index (Phi) is 2.83. The van der Waals surface area contributed by atoms with Gasteiger partial charge in [-0.2, -0.15) is 0 Å². The molecule has 2 aliphatic heterocycles. The number of ketones is 1. The lowest BCUT2D eigenvalue weighted by atomic mass is 9.77. The molecule has 0 aromatic rings. The Morgan fingerprint density at radius 1 is 1.28 bits per heavy atom. The monoisotopic (exact) mass is 251 g/mol. The Bertz CT molecular complexity index is 360. The molecule has 3 rings (SSSR count). The molecule has 2 saturated heterocycles. The van der Waals surface area contributed by atoms with Crippen LogP contribution >= 0.6 is 0 Å². The van der Waals surface area contributed by atoms with Crippen LogP contribution in [-0.4, -0.2) is 41.5 Å². The molecule has 1 saturated carbocycles. The smallest absolute Gasteiger partial charge is 0.141 e. The summed E-state index contributed by atoms with van der Waals surface area (Å²) in [6.45, 7) is 10.8. The topological polar surface area (TPSA) is 29.5 Å².